The third kappa shape index (κ3) is 4.71. The van der Waals surface area contributed by atoms with E-state index in [1.165, 1.54) is 38.4 Å². The van der Waals surface area contributed by atoms with Crippen LogP contribution in [0.2, 0.25) is 0 Å². The van der Waals surface area contributed by atoms with Gasteiger partial charge in [0.05, 0.1) is 39.1 Å². The largest absolute Gasteiger partial charge is 0.496 e. The second-order valence-electron chi connectivity index (χ2n) is 9.80. The molecule has 0 radical (unpaired) electrons. The standard InChI is InChI=1S/C29H31FN2O6/c1-28(2,3)38-27(34)31-29(24-22(36-5)15-19(35-4)16-23(24)37-6)20-13-10-14-21(30)25(20)32(26(29)33)17-18-11-8-7-9-12-18/h7-16H,17H2,1-6H3,(H,31,34)/t29-/m1/s1. The topological polar surface area (TPSA) is 86.3 Å². The summed E-state index contributed by atoms with van der Waals surface area (Å²) in [5.41, 5.74) is -1.60. The number of anilines is 1. The quantitative estimate of drug-likeness (QED) is 0.461. The van der Waals surface area contributed by atoms with Crippen molar-refractivity contribution in [3.8, 4) is 17.2 Å². The van der Waals surface area contributed by atoms with Crippen molar-refractivity contribution in [3.63, 3.8) is 0 Å². The maximum absolute atomic E-state index is 15.5. The molecule has 0 fully saturated rings. The van der Waals surface area contributed by atoms with Crippen molar-refractivity contribution in [2.45, 2.75) is 38.5 Å². The molecule has 1 aliphatic rings. The zero-order chi connectivity index (χ0) is 27.7. The van der Waals surface area contributed by atoms with Crippen LogP contribution in [-0.2, 0) is 21.6 Å². The van der Waals surface area contributed by atoms with Crippen molar-refractivity contribution < 1.29 is 32.9 Å². The zero-order valence-corrected chi connectivity index (χ0v) is 22.3. The first-order chi connectivity index (χ1) is 18.1. The summed E-state index contributed by atoms with van der Waals surface area (Å²) < 4.78 is 37.9. The van der Waals surface area contributed by atoms with E-state index >= 15 is 4.39 Å². The molecule has 9 heteroatoms. The lowest BCUT2D eigenvalue weighted by Gasteiger charge is -2.33. The summed E-state index contributed by atoms with van der Waals surface area (Å²) in [4.78, 5) is 29.2. The Morgan fingerprint density at radius 1 is 0.947 bits per heavy atom. The highest BCUT2D eigenvalue weighted by molar-refractivity contribution is 6.12. The summed E-state index contributed by atoms with van der Waals surface area (Å²) in [5, 5.41) is 2.78. The molecule has 0 bridgehead atoms. The predicted molar refractivity (Wildman–Crippen MR) is 140 cm³/mol. The van der Waals surface area contributed by atoms with Gasteiger partial charge in [-0.15, -0.1) is 0 Å². The predicted octanol–water partition coefficient (Wildman–Crippen LogP) is 5.17. The highest BCUT2D eigenvalue weighted by atomic mass is 19.1. The van der Waals surface area contributed by atoms with E-state index in [0.717, 1.165) is 5.56 Å². The first-order valence-electron chi connectivity index (χ1n) is 12.0. The molecule has 2 amide bonds. The van der Waals surface area contributed by atoms with E-state index in [1.807, 2.05) is 30.3 Å². The van der Waals surface area contributed by atoms with E-state index in [2.05, 4.69) is 5.32 Å². The number of halogens is 1. The Kier molecular flexibility index (Phi) is 7.22. The summed E-state index contributed by atoms with van der Waals surface area (Å²) in [6, 6.07) is 16.7. The maximum atomic E-state index is 15.5. The second kappa shape index (κ2) is 10.2. The molecule has 1 N–H and O–H groups in total. The van der Waals surface area contributed by atoms with Gasteiger partial charge in [0, 0.05) is 17.7 Å². The van der Waals surface area contributed by atoms with Crippen LogP contribution < -0.4 is 24.4 Å². The minimum atomic E-state index is -1.95. The maximum Gasteiger partial charge on any atom is 0.409 e. The van der Waals surface area contributed by atoms with Crippen molar-refractivity contribution in [2.24, 2.45) is 0 Å². The number of fused-ring (bicyclic) bond motifs is 1. The van der Waals surface area contributed by atoms with Crippen LogP contribution in [0.1, 0.15) is 37.5 Å². The first kappa shape index (κ1) is 26.8. The van der Waals surface area contributed by atoms with Crippen LogP contribution in [0.25, 0.3) is 0 Å². The average Bonchev–Trinajstić information content (AvgIpc) is 3.11. The molecule has 200 valence electrons. The van der Waals surface area contributed by atoms with Gasteiger partial charge in [-0.25, -0.2) is 9.18 Å². The number of amides is 2. The zero-order valence-electron chi connectivity index (χ0n) is 22.3. The summed E-state index contributed by atoms with van der Waals surface area (Å²) in [7, 11) is 4.33. The number of alkyl carbamates (subject to hydrolysis) is 1. The number of hydrogen-bond donors (Lipinski definition) is 1. The van der Waals surface area contributed by atoms with Crippen molar-refractivity contribution in [3.05, 3.63) is 83.2 Å². The van der Waals surface area contributed by atoms with Crippen LogP contribution >= 0.6 is 0 Å². The normalized spacial score (nSPS) is 16.6. The van der Waals surface area contributed by atoms with Crippen molar-refractivity contribution in [1.82, 2.24) is 5.32 Å². The van der Waals surface area contributed by atoms with Gasteiger partial charge in [-0.1, -0.05) is 42.5 Å². The van der Waals surface area contributed by atoms with E-state index in [-0.39, 0.29) is 34.9 Å². The minimum absolute atomic E-state index is 0.0392. The Labute approximate surface area is 221 Å². The fourth-order valence-corrected chi connectivity index (χ4v) is 4.69. The summed E-state index contributed by atoms with van der Waals surface area (Å²) >= 11 is 0. The number of nitrogens with one attached hydrogen (secondary N) is 1. The number of rotatable bonds is 7. The lowest BCUT2D eigenvalue weighted by atomic mass is 9.82. The molecule has 1 heterocycles. The number of para-hydroxylation sites is 1. The number of benzene rings is 3. The lowest BCUT2D eigenvalue weighted by Crippen LogP contribution is -2.55. The molecule has 1 aliphatic heterocycles. The van der Waals surface area contributed by atoms with Crippen molar-refractivity contribution >= 4 is 17.7 Å². The summed E-state index contributed by atoms with van der Waals surface area (Å²) in [6.07, 6.45) is -0.873. The molecule has 0 aliphatic carbocycles. The molecular formula is C29H31FN2O6. The summed E-state index contributed by atoms with van der Waals surface area (Å²) in [5.74, 6) is -0.425. The SMILES string of the molecule is COc1cc(OC)c([C@@]2(NC(=O)OC(C)(C)C)C(=O)N(Cc3ccccc3)c3c(F)cccc32)c(OC)c1. The molecular weight excluding hydrogens is 491 g/mol. The van der Waals surface area contributed by atoms with Gasteiger partial charge in [-0.05, 0) is 32.4 Å². The number of nitrogens with zero attached hydrogens (tertiary/aromatic N) is 1. The molecule has 0 saturated carbocycles. The Hall–Kier alpha value is -4.27. The Morgan fingerprint density at radius 2 is 1.58 bits per heavy atom. The van der Waals surface area contributed by atoms with Crippen LogP contribution in [0.5, 0.6) is 17.2 Å². The fourth-order valence-electron chi connectivity index (χ4n) is 4.69. The van der Waals surface area contributed by atoms with Gasteiger partial charge in [0.15, 0.2) is 5.54 Å². The Morgan fingerprint density at radius 3 is 2.13 bits per heavy atom. The fraction of sp³-hybridized carbons (Fsp3) is 0.310. The molecule has 8 nitrogen and oxygen atoms in total. The van der Waals surface area contributed by atoms with Gasteiger partial charge in [-0.2, -0.15) is 0 Å². The van der Waals surface area contributed by atoms with Crippen LogP contribution in [-0.4, -0.2) is 38.9 Å². The molecule has 3 aromatic rings. The van der Waals surface area contributed by atoms with Crippen LogP contribution in [0, 0.1) is 5.82 Å². The molecule has 0 spiro atoms. The van der Waals surface area contributed by atoms with Crippen LogP contribution in [0.4, 0.5) is 14.9 Å². The number of carbonyl (C=O) groups is 2. The van der Waals surface area contributed by atoms with Gasteiger partial charge < -0.3 is 23.8 Å². The van der Waals surface area contributed by atoms with Gasteiger partial charge in [-0.3, -0.25) is 10.1 Å². The van der Waals surface area contributed by atoms with Crippen LogP contribution in [0.3, 0.4) is 0 Å². The van der Waals surface area contributed by atoms with Crippen molar-refractivity contribution in [1.29, 1.82) is 0 Å². The third-order valence-electron chi connectivity index (χ3n) is 6.19. The monoisotopic (exact) mass is 522 g/mol. The highest BCUT2D eigenvalue weighted by Gasteiger charge is 2.57. The number of ether oxygens (including phenoxy) is 4. The molecule has 0 unspecified atom stereocenters. The first-order valence-corrected chi connectivity index (χ1v) is 12.0. The Balaban J connectivity index is 2.03. The number of hydrogen-bond acceptors (Lipinski definition) is 6. The molecule has 1 atom stereocenters. The second-order valence-corrected chi connectivity index (χ2v) is 9.80. The van der Waals surface area contributed by atoms with E-state index in [9.17, 15) is 9.59 Å². The third-order valence-corrected chi connectivity index (χ3v) is 6.19. The molecule has 4 rings (SSSR count). The van der Waals surface area contributed by atoms with Gasteiger partial charge >= 0.3 is 6.09 Å². The molecule has 0 saturated heterocycles. The molecule has 0 aromatic heterocycles. The highest BCUT2D eigenvalue weighted by Crippen LogP contribution is 2.52. The minimum Gasteiger partial charge on any atom is -0.496 e. The van der Waals surface area contributed by atoms with Crippen LogP contribution in [0.15, 0.2) is 60.7 Å². The smallest absolute Gasteiger partial charge is 0.409 e. The number of carbonyl (C=O) groups excluding carboxylic acids is 2. The van der Waals surface area contributed by atoms with E-state index in [0.29, 0.717) is 5.75 Å². The van der Waals surface area contributed by atoms with E-state index in [1.54, 1.807) is 39.0 Å². The van der Waals surface area contributed by atoms with E-state index in [4.69, 9.17) is 18.9 Å². The van der Waals surface area contributed by atoms with Gasteiger partial charge in [0.25, 0.3) is 5.91 Å². The molecule has 3 aromatic carbocycles. The Bertz CT molecular complexity index is 1330. The molecule has 38 heavy (non-hydrogen) atoms. The summed E-state index contributed by atoms with van der Waals surface area (Å²) in [6.45, 7) is 5.19. The van der Waals surface area contributed by atoms with Crippen molar-refractivity contribution in [2.75, 3.05) is 26.2 Å². The lowest BCUT2D eigenvalue weighted by molar-refractivity contribution is -0.123. The van der Waals surface area contributed by atoms with E-state index < -0.39 is 29.0 Å². The van der Waals surface area contributed by atoms with Gasteiger partial charge in [0.2, 0.25) is 0 Å². The number of methoxy groups -OCH3 is 3. The average molecular weight is 523 g/mol. The van der Waals surface area contributed by atoms with Gasteiger partial charge in [0.1, 0.15) is 28.7 Å².